The summed E-state index contributed by atoms with van der Waals surface area (Å²) >= 11 is 13.8. The lowest BCUT2D eigenvalue weighted by Crippen LogP contribution is -2.41. The maximum atomic E-state index is 12.3. The SMILES string of the molecule is COc1cccc(N(CC(=O)NCCSCc2c(Cl)cccc2Cl)S(C)(=O)=O)c1. The Morgan fingerprint density at radius 3 is 2.45 bits per heavy atom. The Hall–Kier alpha value is -1.61. The monoisotopic (exact) mass is 476 g/mol. The van der Waals surface area contributed by atoms with Crippen LogP contribution in [0.1, 0.15) is 5.56 Å². The number of methoxy groups -OCH3 is 1. The van der Waals surface area contributed by atoms with Crippen LogP contribution in [0.5, 0.6) is 5.75 Å². The summed E-state index contributed by atoms with van der Waals surface area (Å²) in [6.45, 7) is 0.0777. The second-order valence-electron chi connectivity index (χ2n) is 6.07. The largest absolute Gasteiger partial charge is 0.497 e. The van der Waals surface area contributed by atoms with E-state index in [1.165, 1.54) is 7.11 Å². The predicted molar refractivity (Wildman–Crippen MR) is 121 cm³/mol. The number of anilines is 1. The van der Waals surface area contributed by atoms with Crippen LogP contribution in [-0.4, -0.2) is 46.5 Å². The molecule has 29 heavy (non-hydrogen) atoms. The molecule has 0 aliphatic carbocycles. The van der Waals surface area contributed by atoms with Crippen LogP contribution in [0.4, 0.5) is 5.69 Å². The molecule has 2 rings (SSSR count). The average Bonchev–Trinajstić information content (AvgIpc) is 2.67. The maximum absolute atomic E-state index is 12.3. The van der Waals surface area contributed by atoms with Crippen molar-refractivity contribution in [3.8, 4) is 5.75 Å². The first-order valence-electron chi connectivity index (χ1n) is 8.61. The van der Waals surface area contributed by atoms with Crippen molar-refractivity contribution >= 4 is 56.6 Å². The number of halogens is 2. The van der Waals surface area contributed by atoms with E-state index < -0.39 is 15.9 Å². The van der Waals surface area contributed by atoms with E-state index in [4.69, 9.17) is 27.9 Å². The first-order valence-corrected chi connectivity index (χ1v) is 12.4. The highest BCUT2D eigenvalue weighted by Crippen LogP contribution is 2.28. The van der Waals surface area contributed by atoms with Crippen molar-refractivity contribution in [3.63, 3.8) is 0 Å². The second kappa shape index (κ2) is 11.0. The molecule has 0 aromatic heterocycles. The van der Waals surface area contributed by atoms with Gasteiger partial charge in [0.2, 0.25) is 15.9 Å². The van der Waals surface area contributed by atoms with Crippen LogP contribution in [0.2, 0.25) is 10.0 Å². The van der Waals surface area contributed by atoms with Crippen LogP contribution < -0.4 is 14.4 Å². The van der Waals surface area contributed by atoms with E-state index in [2.05, 4.69) is 5.32 Å². The number of nitrogens with zero attached hydrogens (tertiary/aromatic N) is 1. The van der Waals surface area contributed by atoms with Gasteiger partial charge < -0.3 is 10.1 Å². The van der Waals surface area contributed by atoms with Gasteiger partial charge in [-0.15, -0.1) is 0 Å². The number of amides is 1. The zero-order valence-corrected chi connectivity index (χ0v) is 19.2. The molecular formula is C19H22Cl2N2O4S2. The minimum atomic E-state index is -3.64. The third-order valence-electron chi connectivity index (χ3n) is 3.91. The normalized spacial score (nSPS) is 11.2. The fourth-order valence-electron chi connectivity index (χ4n) is 2.46. The van der Waals surface area contributed by atoms with E-state index in [1.54, 1.807) is 54.2 Å². The van der Waals surface area contributed by atoms with Gasteiger partial charge in [-0.1, -0.05) is 35.3 Å². The molecule has 2 aromatic carbocycles. The summed E-state index contributed by atoms with van der Waals surface area (Å²) in [5.41, 5.74) is 1.22. The van der Waals surface area contributed by atoms with E-state index in [1.807, 2.05) is 0 Å². The molecule has 0 heterocycles. The van der Waals surface area contributed by atoms with Crippen molar-refractivity contribution in [3.05, 3.63) is 58.1 Å². The smallest absolute Gasteiger partial charge is 0.240 e. The zero-order chi connectivity index (χ0) is 21.4. The lowest BCUT2D eigenvalue weighted by atomic mass is 10.2. The van der Waals surface area contributed by atoms with Crippen molar-refractivity contribution in [1.29, 1.82) is 0 Å². The van der Waals surface area contributed by atoms with Gasteiger partial charge in [0.25, 0.3) is 0 Å². The third kappa shape index (κ3) is 7.29. The molecule has 0 unspecified atom stereocenters. The third-order valence-corrected chi connectivity index (χ3v) is 6.74. The molecule has 0 aliphatic rings. The van der Waals surface area contributed by atoms with Crippen molar-refractivity contribution in [1.82, 2.24) is 5.32 Å². The number of rotatable bonds is 10. The molecule has 158 valence electrons. The fraction of sp³-hybridized carbons (Fsp3) is 0.316. The van der Waals surface area contributed by atoms with Crippen LogP contribution >= 0.6 is 35.0 Å². The molecule has 0 saturated carbocycles. The minimum absolute atomic E-state index is 0.312. The van der Waals surface area contributed by atoms with E-state index in [0.717, 1.165) is 16.1 Å². The van der Waals surface area contributed by atoms with Crippen LogP contribution in [0.15, 0.2) is 42.5 Å². The molecule has 0 fully saturated rings. The van der Waals surface area contributed by atoms with Crippen molar-refractivity contribution in [2.24, 2.45) is 0 Å². The van der Waals surface area contributed by atoms with E-state index in [-0.39, 0.29) is 6.54 Å². The number of carbonyl (C=O) groups is 1. The van der Waals surface area contributed by atoms with E-state index in [9.17, 15) is 13.2 Å². The molecule has 0 aliphatic heterocycles. The number of hydrogen-bond acceptors (Lipinski definition) is 5. The van der Waals surface area contributed by atoms with E-state index >= 15 is 0 Å². The van der Waals surface area contributed by atoms with Crippen LogP contribution in [0, 0.1) is 0 Å². The van der Waals surface area contributed by atoms with Gasteiger partial charge in [-0.2, -0.15) is 11.8 Å². The lowest BCUT2D eigenvalue weighted by Gasteiger charge is -2.22. The highest BCUT2D eigenvalue weighted by atomic mass is 35.5. The first-order chi connectivity index (χ1) is 13.7. The number of thioether (sulfide) groups is 1. The Bertz CT molecular complexity index is 935. The Morgan fingerprint density at radius 1 is 1.17 bits per heavy atom. The Morgan fingerprint density at radius 2 is 1.83 bits per heavy atom. The summed E-state index contributed by atoms with van der Waals surface area (Å²) in [6.07, 6.45) is 1.06. The molecule has 0 spiro atoms. The zero-order valence-electron chi connectivity index (χ0n) is 16.0. The standard InChI is InChI=1S/C19H22Cl2N2O4S2/c1-27-15-6-3-5-14(11-15)23(29(2,25)26)12-19(24)22-9-10-28-13-16-17(20)7-4-8-18(16)21/h3-8,11H,9-10,12-13H2,1-2H3,(H,22,24). The quantitative estimate of drug-likeness (QED) is 0.527. The number of carbonyl (C=O) groups excluding carboxylic acids is 1. The lowest BCUT2D eigenvalue weighted by molar-refractivity contribution is -0.119. The molecule has 0 radical (unpaired) electrons. The Labute approximate surface area is 185 Å². The Balaban J connectivity index is 1.87. The number of hydrogen-bond donors (Lipinski definition) is 1. The highest BCUT2D eigenvalue weighted by molar-refractivity contribution is 7.98. The van der Waals surface area contributed by atoms with Crippen molar-refractivity contribution in [2.75, 3.05) is 36.5 Å². The molecule has 10 heteroatoms. The second-order valence-corrected chi connectivity index (χ2v) is 9.90. The van der Waals surface area contributed by atoms with Crippen LogP contribution in [0.25, 0.3) is 0 Å². The first kappa shape index (κ1) is 23.7. The number of ether oxygens (including phenoxy) is 1. The summed E-state index contributed by atoms with van der Waals surface area (Å²) in [5, 5.41) is 3.95. The van der Waals surface area contributed by atoms with Gasteiger partial charge in [0.05, 0.1) is 19.1 Å². The van der Waals surface area contributed by atoms with Gasteiger partial charge >= 0.3 is 0 Å². The minimum Gasteiger partial charge on any atom is -0.497 e. The van der Waals surface area contributed by atoms with Gasteiger partial charge in [0.1, 0.15) is 12.3 Å². The van der Waals surface area contributed by atoms with Crippen molar-refractivity contribution in [2.45, 2.75) is 5.75 Å². The molecule has 0 bridgehead atoms. The van der Waals surface area contributed by atoms with Gasteiger partial charge in [-0.25, -0.2) is 8.42 Å². The molecule has 2 aromatic rings. The average molecular weight is 477 g/mol. The summed E-state index contributed by atoms with van der Waals surface area (Å²) in [7, 11) is -2.15. The van der Waals surface area contributed by atoms with Crippen molar-refractivity contribution < 1.29 is 17.9 Å². The topological polar surface area (TPSA) is 75.7 Å². The van der Waals surface area contributed by atoms with Crippen LogP contribution in [-0.2, 0) is 20.6 Å². The molecular weight excluding hydrogens is 455 g/mol. The summed E-state index contributed by atoms with van der Waals surface area (Å²) in [4.78, 5) is 12.3. The summed E-state index contributed by atoms with van der Waals surface area (Å²) in [6, 6.07) is 11.9. The predicted octanol–water partition coefficient (Wildman–Crippen LogP) is 3.82. The number of sulfonamides is 1. The summed E-state index contributed by atoms with van der Waals surface area (Å²) in [5.74, 6) is 1.36. The molecule has 0 saturated heterocycles. The number of nitrogens with one attached hydrogen (secondary N) is 1. The Kier molecular flexibility index (Phi) is 8.95. The summed E-state index contributed by atoms with van der Waals surface area (Å²) < 4.78 is 30.4. The molecule has 0 atom stereocenters. The maximum Gasteiger partial charge on any atom is 0.240 e. The van der Waals surface area contributed by atoms with Gasteiger partial charge in [-0.3, -0.25) is 9.10 Å². The number of benzene rings is 2. The molecule has 6 nitrogen and oxygen atoms in total. The van der Waals surface area contributed by atoms with Gasteiger partial charge in [0, 0.05) is 34.2 Å². The fourth-order valence-corrected chi connectivity index (χ4v) is 4.90. The van der Waals surface area contributed by atoms with Crippen LogP contribution in [0.3, 0.4) is 0 Å². The molecule has 1 N–H and O–H groups in total. The van der Waals surface area contributed by atoms with Gasteiger partial charge in [-0.05, 0) is 29.8 Å². The van der Waals surface area contributed by atoms with Gasteiger partial charge in [0.15, 0.2) is 0 Å². The molecule has 1 amide bonds. The highest BCUT2D eigenvalue weighted by Gasteiger charge is 2.21. The van der Waals surface area contributed by atoms with E-state index in [0.29, 0.717) is 39.5 Å².